The molecule has 0 radical (unpaired) electrons. The quantitative estimate of drug-likeness (QED) is 0.719. The molecule has 0 heterocycles. The van der Waals surface area contributed by atoms with Gasteiger partial charge in [-0.2, -0.15) is 0 Å². The van der Waals surface area contributed by atoms with Gasteiger partial charge in [0.1, 0.15) is 5.38 Å². The largest absolute Gasteiger partial charge is 0.297 e. The van der Waals surface area contributed by atoms with Crippen LogP contribution in [0.2, 0.25) is 0 Å². The van der Waals surface area contributed by atoms with Crippen molar-refractivity contribution in [1.29, 1.82) is 0 Å². The molecule has 0 N–H and O–H groups in total. The van der Waals surface area contributed by atoms with E-state index in [4.69, 9.17) is 11.6 Å². The maximum atomic E-state index is 12.6. The maximum absolute atomic E-state index is 12.6. The molecular weight excluding hydrogens is 232 g/mol. The van der Waals surface area contributed by atoms with Gasteiger partial charge in [-0.05, 0) is 24.8 Å². The summed E-state index contributed by atoms with van der Waals surface area (Å²) in [7, 11) is 0. The molecule has 0 aliphatic heterocycles. The first-order chi connectivity index (χ1) is 8.19. The third kappa shape index (κ3) is 2.40. The zero-order chi connectivity index (χ0) is 12.3. The van der Waals surface area contributed by atoms with Gasteiger partial charge in [-0.15, -0.1) is 11.6 Å². The molecule has 92 valence electrons. The van der Waals surface area contributed by atoms with Crippen molar-refractivity contribution in [3.8, 4) is 0 Å². The average molecular weight is 251 g/mol. The molecule has 1 aliphatic rings. The van der Waals surface area contributed by atoms with E-state index in [2.05, 4.69) is 6.92 Å². The number of halogens is 1. The van der Waals surface area contributed by atoms with E-state index in [1.165, 1.54) is 0 Å². The Morgan fingerprint density at radius 1 is 1.29 bits per heavy atom. The standard InChI is InChI=1S/C15H19ClO/c1-2-15(10-6-7-11-15)14(17)13(16)12-8-4-3-5-9-12/h3-5,8-9,13H,2,6-7,10-11H2,1H3. The summed E-state index contributed by atoms with van der Waals surface area (Å²) in [6, 6.07) is 9.70. The SMILES string of the molecule is CCC1(C(=O)C(Cl)c2ccccc2)CCCC1. The Kier molecular flexibility index (Phi) is 3.88. The van der Waals surface area contributed by atoms with Gasteiger partial charge in [0.2, 0.25) is 0 Å². The van der Waals surface area contributed by atoms with E-state index < -0.39 is 5.38 Å². The molecule has 0 aromatic heterocycles. The van der Waals surface area contributed by atoms with Crippen LogP contribution in [0.4, 0.5) is 0 Å². The minimum Gasteiger partial charge on any atom is -0.297 e. The zero-order valence-electron chi connectivity index (χ0n) is 10.3. The van der Waals surface area contributed by atoms with E-state index in [9.17, 15) is 4.79 Å². The first-order valence-corrected chi connectivity index (χ1v) is 6.86. The summed E-state index contributed by atoms with van der Waals surface area (Å²) < 4.78 is 0. The second-order valence-electron chi connectivity index (χ2n) is 4.98. The van der Waals surface area contributed by atoms with Crippen LogP contribution in [0.1, 0.15) is 50.0 Å². The highest BCUT2D eigenvalue weighted by molar-refractivity contribution is 6.31. The van der Waals surface area contributed by atoms with E-state index in [0.717, 1.165) is 37.7 Å². The summed E-state index contributed by atoms with van der Waals surface area (Å²) in [4.78, 5) is 12.6. The summed E-state index contributed by atoms with van der Waals surface area (Å²) in [6.07, 6.45) is 5.27. The number of hydrogen-bond acceptors (Lipinski definition) is 1. The van der Waals surface area contributed by atoms with Crippen molar-refractivity contribution in [1.82, 2.24) is 0 Å². The first kappa shape index (κ1) is 12.6. The molecule has 1 nitrogen and oxygen atoms in total. The van der Waals surface area contributed by atoms with Crippen molar-refractivity contribution in [3.63, 3.8) is 0 Å². The Hall–Kier alpha value is -0.820. The number of ketones is 1. The van der Waals surface area contributed by atoms with Gasteiger partial charge in [-0.3, -0.25) is 4.79 Å². The number of benzene rings is 1. The van der Waals surface area contributed by atoms with Gasteiger partial charge in [0, 0.05) is 5.41 Å². The predicted molar refractivity (Wildman–Crippen MR) is 71.2 cm³/mol. The molecule has 0 bridgehead atoms. The molecule has 1 aliphatic carbocycles. The highest BCUT2D eigenvalue weighted by Crippen LogP contribution is 2.45. The zero-order valence-corrected chi connectivity index (χ0v) is 11.0. The lowest BCUT2D eigenvalue weighted by Crippen LogP contribution is -2.30. The van der Waals surface area contributed by atoms with Gasteiger partial charge in [-0.25, -0.2) is 0 Å². The monoisotopic (exact) mass is 250 g/mol. The molecule has 1 unspecified atom stereocenters. The average Bonchev–Trinajstić information content (AvgIpc) is 2.88. The number of carbonyl (C=O) groups excluding carboxylic acids is 1. The number of carbonyl (C=O) groups is 1. The Bertz CT molecular complexity index is 379. The summed E-state index contributed by atoms with van der Waals surface area (Å²) in [5, 5.41) is -0.478. The smallest absolute Gasteiger partial charge is 0.161 e. The van der Waals surface area contributed by atoms with Crippen LogP contribution >= 0.6 is 11.6 Å². The summed E-state index contributed by atoms with van der Waals surface area (Å²) in [6.45, 7) is 2.11. The molecule has 0 saturated heterocycles. The van der Waals surface area contributed by atoms with Gasteiger partial charge in [-0.1, -0.05) is 50.1 Å². The van der Waals surface area contributed by atoms with Gasteiger partial charge in [0.15, 0.2) is 5.78 Å². The molecule has 1 fully saturated rings. The third-order valence-corrected chi connectivity index (χ3v) is 4.53. The molecule has 1 aromatic carbocycles. The van der Waals surface area contributed by atoms with Crippen molar-refractivity contribution in [2.45, 2.75) is 44.4 Å². The molecule has 2 heteroatoms. The van der Waals surface area contributed by atoms with Gasteiger partial charge >= 0.3 is 0 Å². The van der Waals surface area contributed by atoms with Crippen molar-refractivity contribution in [2.75, 3.05) is 0 Å². The third-order valence-electron chi connectivity index (χ3n) is 4.08. The van der Waals surface area contributed by atoms with E-state index in [1.54, 1.807) is 0 Å². The van der Waals surface area contributed by atoms with Crippen LogP contribution in [0.3, 0.4) is 0 Å². The second kappa shape index (κ2) is 5.22. The lowest BCUT2D eigenvalue weighted by atomic mass is 9.77. The highest BCUT2D eigenvalue weighted by atomic mass is 35.5. The Balaban J connectivity index is 2.19. The molecule has 0 spiro atoms. The number of hydrogen-bond donors (Lipinski definition) is 0. The van der Waals surface area contributed by atoms with Gasteiger partial charge in [0.25, 0.3) is 0 Å². The number of Topliss-reactive ketones (excluding diaryl/α,β-unsaturated/α-hetero) is 1. The molecule has 1 saturated carbocycles. The molecular formula is C15H19ClO. The number of alkyl halides is 1. The molecule has 17 heavy (non-hydrogen) atoms. The Morgan fingerprint density at radius 3 is 2.41 bits per heavy atom. The summed E-state index contributed by atoms with van der Waals surface area (Å²) in [5.41, 5.74) is 0.779. The molecule has 2 rings (SSSR count). The van der Waals surface area contributed by atoms with Gasteiger partial charge in [0.05, 0.1) is 0 Å². The topological polar surface area (TPSA) is 17.1 Å². The van der Waals surface area contributed by atoms with Crippen LogP contribution in [0.15, 0.2) is 30.3 Å². The first-order valence-electron chi connectivity index (χ1n) is 6.43. The van der Waals surface area contributed by atoms with Crippen molar-refractivity contribution < 1.29 is 4.79 Å². The van der Waals surface area contributed by atoms with Crippen molar-refractivity contribution in [2.24, 2.45) is 5.41 Å². The van der Waals surface area contributed by atoms with Gasteiger partial charge < -0.3 is 0 Å². The van der Waals surface area contributed by atoms with Crippen LogP contribution in [0.5, 0.6) is 0 Å². The summed E-state index contributed by atoms with van der Waals surface area (Å²) >= 11 is 6.36. The van der Waals surface area contributed by atoms with Crippen LogP contribution in [0.25, 0.3) is 0 Å². The number of rotatable bonds is 4. The minimum absolute atomic E-state index is 0.151. The summed E-state index contributed by atoms with van der Waals surface area (Å²) in [5.74, 6) is 0.227. The fourth-order valence-electron chi connectivity index (χ4n) is 2.87. The fourth-order valence-corrected chi connectivity index (χ4v) is 3.25. The Morgan fingerprint density at radius 2 is 1.88 bits per heavy atom. The van der Waals surface area contributed by atoms with Crippen LogP contribution in [-0.2, 0) is 4.79 Å². The minimum atomic E-state index is -0.478. The van der Waals surface area contributed by atoms with Crippen LogP contribution in [0, 0.1) is 5.41 Å². The molecule has 1 atom stereocenters. The van der Waals surface area contributed by atoms with Crippen molar-refractivity contribution >= 4 is 17.4 Å². The van der Waals surface area contributed by atoms with Crippen LogP contribution < -0.4 is 0 Å². The predicted octanol–water partition coefficient (Wildman–Crippen LogP) is 4.51. The van der Waals surface area contributed by atoms with Crippen molar-refractivity contribution in [3.05, 3.63) is 35.9 Å². The van der Waals surface area contributed by atoms with E-state index in [-0.39, 0.29) is 11.2 Å². The normalized spacial score (nSPS) is 20.1. The fraction of sp³-hybridized carbons (Fsp3) is 0.533. The van der Waals surface area contributed by atoms with E-state index >= 15 is 0 Å². The Labute approximate surface area is 108 Å². The van der Waals surface area contributed by atoms with E-state index in [0.29, 0.717) is 0 Å². The molecule has 1 aromatic rings. The van der Waals surface area contributed by atoms with Crippen LogP contribution in [-0.4, -0.2) is 5.78 Å². The van der Waals surface area contributed by atoms with E-state index in [1.807, 2.05) is 30.3 Å². The maximum Gasteiger partial charge on any atom is 0.161 e. The lowest BCUT2D eigenvalue weighted by Gasteiger charge is -2.28. The second-order valence-corrected chi connectivity index (χ2v) is 5.41. The lowest BCUT2D eigenvalue weighted by molar-refractivity contribution is -0.128. The highest BCUT2D eigenvalue weighted by Gasteiger charge is 2.42. The molecule has 0 amide bonds.